The van der Waals surface area contributed by atoms with E-state index in [-0.39, 0.29) is 10.8 Å². The zero-order chi connectivity index (χ0) is 53.4. The van der Waals surface area contributed by atoms with E-state index in [1.807, 2.05) is 0 Å². The zero-order valence-electron chi connectivity index (χ0n) is 46.5. The number of rotatable bonds is 6. The fraction of sp³-hybridized carbons (Fsp3) is 0.194. The van der Waals surface area contributed by atoms with E-state index < -0.39 is 0 Å². The van der Waals surface area contributed by atoms with Crippen LogP contribution in [0.2, 0.25) is 0 Å². The van der Waals surface area contributed by atoms with Crippen molar-refractivity contribution in [3.05, 3.63) is 220 Å². The Kier molecular flexibility index (Phi) is 10.9. The van der Waals surface area contributed by atoms with Gasteiger partial charge in [-0.2, -0.15) is 0 Å². The summed E-state index contributed by atoms with van der Waals surface area (Å²) in [6.07, 6.45) is 0. The molecule has 0 unspecified atom stereocenters. The Morgan fingerprint density at radius 2 is 0.675 bits per heavy atom. The van der Waals surface area contributed by atoms with Crippen LogP contribution in [0.1, 0.15) is 86.1 Å². The Balaban J connectivity index is 1.27. The first-order valence-corrected chi connectivity index (χ1v) is 27.2. The molecule has 0 bridgehead atoms. The molecule has 378 valence electrons. The van der Waals surface area contributed by atoms with Gasteiger partial charge in [0.25, 0.3) is 0 Å². The molecule has 0 atom stereocenters. The molecule has 0 N–H and O–H groups in total. The van der Waals surface area contributed by atoms with Crippen LogP contribution in [0.5, 0.6) is 0 Å². The third-order valence-corrected chi connectivity index (χ3v) is 16.3. The number of fused-ring (bicyclic) bond motifs is 9. The average molecular weight is 1000 g/mol. The van der Waals surface area contributed by atoms with Gasteiger partial charge in [-0.05, 0) is 152 Å². The number of para-hydroxylation sites is 4. The molecule has 0 spiro atoms. The largest absolute Gasteiger partial charge is 0.307 e. The van der Waals surface area contributed by atoms with Gasteiger partial charge >= 0.3 is 0 Å². The van der Waals surface area contributed by atoms with Gasteiger partial charge in [0.05, 0.1) is 61.6 Å². The highest BCUT2D eigenvalue weighted by molar-refractivity contribution is 6.14. The van der Waals surface area contributed by atoms with E-state index in [0.717, 1.165) is 95.2 Å². The molecular weight excluding hydrogens is 935 g/mol. The summed E-state index contributed by atoms with van der Waals surface area (Å²) >= 11 is 0. The topological polar surface area (TPSA) is 40.6 Å². The van der Waals surface area contributed by atoms with Crippen LogP contribution in [0.4, 0.5) is 0 Å². The first-order chi connectivity index (χ1) is 36.9. The highest BCUT2D eigenvalue weighted by Crippen LogP contribution is 2.47. The van der Waals surface area contributed by atoms with Gasteiger partial charge in [0.1, 0.15) is 0 Å². The quantitative estimate of drug-likeness (QED) is 0.167. The summed E-state index contributed by atoms with van der Waals surface area (Å²) in [6.45, 7) is 27.1. The molecule has 0 fully saturated rings. The molecule has 0 aliphatic heterocycles. The number of aromatic nitrogens is 5. The second-order valence-corrected chi connectivity index (χ2v) is 23.9. The molecule has 13 aromatic rings. The molecule has 0 aliphatic rings. The molecule has 0 amide bonds. The van der Waals surface area contributed by atoms with Crippen molar-refractivity contribution in [2.75, 3.05) is 0 Å². The molecule has 4 aromatic heterocycles. The summed E-state index contributed by atoms with van der Waals surface area (Å²) in [5, 5.41) is 7.28. The molecule has 77 heavy (non-hydrogen) atoms. The minimum absolute atomic E-state index is 0.0608. The Hall–Kier alpha value is -8.54. The van der Waals surface area contributed by atoms with Crippen LogP contribution in [0.25, 0.3) is 116 Å². The van der Waals surface area contributed by atoms with E-state index >= 15 is 0 Å². The third kappa shape index (κ3) is 7.72. The first-order valence-electron chi connectivity index (χ1n) is 27.2. The van der Waals surface area contributed by atoms with Gasteiger partial charge in [-0.1, -0.05) is 162 Å². The van der Waals surface area contributed by atoms with Crippen molar-refractivity contribution in [3.63, 3.8) is 0 Å². The maximum Gasteiger partial charge on any atom is 0.160 e. The Morgan fingerprint density at radius 3 is 1.06 bits per heavy atom. The maximum atomic E-state index is 5.74. The number of hydrogen-bond donors (Lipinski definition) is 0. The van der Waals surface area contributed by atoms with Gasteiger partial charge < -0.3 is 13.7 Å². The van der Waals surface area contributed by atoms with E-state index in [9.17, 15) is 0 Å². The molecule has 0 aliphatic carbocycles. The SMILES string of the molecule is Cc1cc(C)c(-c2cc(-c3cc(-n4c5ccccc5c5ccccc54)c(-n4c5ccc(C(C)(C)C)cc5c5cc(C(C)(C)C)ccc54)c(-n4c5ccccc5c5ccccc54)c3)nc(-c3c(C)cc(C)cc3C)n2)c(C)c1. The molecule has 5 nitrogen and oxygen atoms in total. The summed E-state index contributed by atoms with van der Waals surface area (Å²) in [5.74, 6) is 0.722. The summed E-state index contributed by atoms with van der Waals surface area (Å²) in [7, 11) is 0. The van der Waals surface area contributed by atoms with E-state index in [4.69, 9.17) is 9.97 Å². The highest BCUT2D eigenvalue weighted by atomic mass is 15.1. The van der Waals surface area contributed by atoms with Gasteiger partial charge in [0.15, 0.2) is 5.82 Å². The highest BCUT2D eigenvalue weighted by Gasteiger charge is 2.29. The van der Waals surface area contributed by atoms with Crippen LogP contribution in [0.15, 0.2) is 176 Å². The van der Waals surface area contributed by atoms with Crippen molar-refractivity contribution in [2.24, 2.45) is 0 Å². The van der Waals surface area contributed by atoms with Crippen molar-refractivity contribution in [1.29, 1.82) is 0 Å². The normalized spacial score (nSPS) is 12.4. The predicted octanol–water partition coefficient (Wildman–Crippen LogP) is 19.2. The van der Waals surface area contributed by atoms with Crippen molar-refractivity contribution in [1.82, 2.24) is 23.7 Å². The number of nitrogens with zero attached hydrogens (tertiary/aromatic N) is 5. The summed E-state index contributed by atoms with van der Waals surface area (Å²) in [5.41, 5.74) is 24.6. The standard InChI is InChI=1S/C72H65N5/c1-42-33-44(3)67(45(4)34-42)58-41-57(73-70(74-58)68-46(5)35-43(2)36-47(68)6)48-37-65(75-59-25-17-13-21-51(59)52-22-14-18-26-60(52)75)69(66(38-48)76-61-27-19-15-23-53(61)54-24-16-20-28-62(54)76)77-63-31-29-49(71(7,8)9)39-55(63)56-40-50(72(10,11)12)30-32-64(56)77/h13-41H,1-12H3. The van der Waals surface area contributed by atoms with Crippen LogP contribution < -0.4 is 0 Å². The smallest absolute Gasteiger partial charge is 0.160 e. The Labute approximate surface area is 452 Å². The number of aryl methyl sites for hydroxylation is 6. The van der Waals surface area contributed by atoms with Gasteiger partial charge in [-0.3, -0.25) is 0 Å². The predicted molar refractivity (Wildman–Crippen MR) is 327 cm³/mol. The number of benzene rings is 9. The van der Waals surface area contributed by atoms with Crippen molar-refractivity contribution < 1.29 is 0 Å². The molecule has 0 saturated heterocycles. The molecule has 4 heterocycles. The van der Waals surface area contributed by atoms with Crippen molar-refractivity contribution in [3.8, 4) is 51.0 Å². The van der Waals surface area contributed by atoms with Crippen LogP contribution in [-0.4, -0.2) is 23.7 Å². The van der Waals surface area contributed by atoms with Crippen LogP contribution in [-0.2, 0) is 10.8 Å². The summed E-state index contributed by atoms with van der Waals surface area (Å²) < 4.78 is 7.63. The molecule has 5 heteroatoms. The van der Waals surface area contributed by atoms with Crippen LogP contribution in [0, 0.1) is 41.5 Å². The fourth-order valence-electron chi connectivity index (χ4n) is 12.8. The third-order valence-electron chi connectivity index (χ3n) is 16.3. The zero-order valence-corrected chi connectivity index (χ0v) is 46.5. The van der Waals surface area contributed by atoms with Gasteiger partial charge in [-0.15, -0.1) is 0 Å². The molecule has 0 saturated carbocycles. The van der Waals surface area contributed by atoms with Crippen LogP contribution >= 0.6 is 0 Å². The minimum atomic E-state index is -0.0608. The molecular formula is C72H65N5. The Morgan fingerprint density at radius 1 is 0.325 bits per heavy atom. The number of hydrogen-bond acceptors (Lipinski definition) is 2. The van der Waals surface area contributed by atoms with E-state index in [2.05, 4.69) is 273 Å². The lowest BCUT2D eigenvalue weighted by atomic mass is 9.85. The first kappa shape index (κ1) is 48.1. The van der Waals surface area contributed by atoms with E-state index in [0.29, 0.717) is 0 Å². The second kappa shape index (κ2) is 17.5. The molecule has 9 aromatic carbocycles. The molecule has 13 rings (SSSR count). The lowest BCUT2D eigenvalue weighted by Gasteiger charge is -2.24. The fourth-order valence-corrected chi connectivity index (χ4v) is 12.8. The summed E-state index contributed by atoms with van der Waals surface area (Å²) in [6, 6.07) is 66.2. The van der Waals surface area contributed by atoms with Crippen molar-refractivity contribution >= 4 is 65.4 Å². The van der Waals surface area contributed by atoms with Gasteiger partial charge in [0, 0.05) is 49.0 Å². The van der Waals surface area contributed by atoms with Gasteiger partial charge in [0.2, 0.25) is 0 Å². The lowest BCUT2D eigenvalue weighted by molar-refractivity contribution is 0.590. The van der Waals surface area contributed by atoms with E-state index in [1.54, 1.807) is 0 Å². The minimum Gasteiger partial charge on any atom is -0.307 e. The summed E-state index contributed by atoms with van der Waals surface area (Å²) in [4.78, 5) is 11.3. The van der Waals surface area contributed by atoms with E-state index in [1.165, 1.54) is 65.7 Å². The second-order valence-electron chi connectivity index (χ2n) is 23.9. The van der Waals surface area contributed by atoms with Crippen LogP contribution in [0.3, 0.4) is 0 Å². The monoisotopic (exact) mass is 1000 g/mol. The lowest BCUT2D eigenvalue weighted by Crippen LogP contribution is -2.12. The Bertz CT molecular complexity index is 4160. The average Bonchev–Trinajstić information content (AvgIpc) is 4.26. The van der Waals surface area contributed by atoms with Gasteiger partial charge in [-0.25, -0.2) is 9.97 Å². The van der Waals surface area contributed by atoms with Crippen molar-refractivity contribution in [2.45, 2.75) is 93.9 Å². The maximum absolute atomic E-state index is 5.74. The molecule has 0 radical (unpaired) electrons.